The number of H-pyrrole nitrogens is 1. The van der Waals surface area contributed by atoms with Crippen LogP contribution >= 0.6 is 0 Å². The van der Waals surface area contributed by atoms with E-state index in [1.807, 2.05) is 83.8 Å². The van der Waals surface area contributed by atoms with E-state index in [1.54, 1.807) is 12.1 Å². The molecule has 0 radical (unpaired) electrons. The fraction of sp³-hybridized carbons (Fsp3) is 0. The van der Waals surface area contributed by atoms with Gasteiger partial charge in [-0.05, 0) is 48.5 Å². The van der Waals surface area contributed by atoms with Gasteiger partial charge in [0.1, 0.15) is 0 Å². The minimum Gasteiger partial charge on any atom is -0.872 e. The van der Waals surface area contributed by atoms with Crippen molar-refractivity contribution >= 4 is 28.2 Å². The Kier molecular flexibility index (Phi) is 4.71. The van der Waals surface area contributed by atoms with Crippen LogP contribution in [0.4, 0.5) is 17.1 Å². The number of oxazole rings is 1. The van der Waals surface area contributed by atoms with Crippen molar-refractivity contribution in [2.45, 2.75) is 0 Å². The van der Waals surface area contributed by atoms with Crippen LogP contribution in [0.15, 0.2) is 95.4 Å². The molecule has 1 aromatic heterocycles. The van der Waals surface area contributed by atoms with Gasteiger partial charge in [-0.15, -0.1) is 0 Å². The normalized spacial score (nSPS) is 11.9. The average molecular weight is 399 g/mol. The Balaban J connectivity index is 0.00000204. The molecule has 0 saturated carbocycles. The van der Waals surface area contributed by atoms with Gasteiger partial charge in [0, 0.05) is 11.8 Å². The molecule has 4 aromatic carbocycles. The summed E-state index contributed by atoms with van der Waals surface area (Å²) in [6.45, 7) is 0. The van der Waals surface area contributed by atoms with Gasteiger partial charge in [0.15, 0.2) is 11.5 Å². The molecule has 5 nitrogen and oxygen atoms in total. The van der Waals surface area contributed by atoms with Crippen molar-refractivity contribution in [3.05, 3.63) is 91.0 Å². The zero-order valence-corrected chi connectivity index (χ0v) is 16.8. The first kappa shape index (κ1) is 19.3. The number of aromatic amines is 1. The van der Waals surface area contributed by atoms with Crippen LogP contribution in [0.25, 0.3) is 22.6 Å². The Morgan fingerprint density at radius 1 is 0.742 bits per heavy atom. The molecule has 31 heavy (non-hydrogen) atoms. The molecule has 1 aliphatic rings. The third-order valence-electron chi connectivity index (χ3n) is 5.25. The van der Waals surface area contributed by atoms with E-state index in [1.165, 1.54) is 0 Å². The number of hydrogen-bond donors (Lipinski definition) is 0. The molecule has 0 aliphatic carbocycles. The molecule has 0 unspecified atom stereocenters. The minimum atomic E-state index is -0.121. The van der Waals surface area contributed by atoms with E-state index >= 15 is 0 Å². The Morgan fingerprint density at radius 2 is 1.39 bits per heavy atom. The maximum atomic E-state index is 13.0. The summed E-state index contributed by atoms with van der Waals surface area (Å²) < 4.78 is 11.9. The fourth-order valence-electron chi connectivity index (χ4n) is 3.86. The molecule has 1 aliphatic heterocycles. The second kappa shape index (κ2) is 7.55. The standard InChI is InChI=1S/C25H16N2O3.Li/c28-21-15-16(13-14-17(21)25-26-18-7-1-4-10-22(18)30-25)27-19-8-2-5-11-23(19)29-24-12-6-3-9-20(24)27;/h1-15,28H;/q;+1. The van der Waals surface area contributed by atoms with E-state index in [4.69, 9.17) is 9.15 Å². The van der Waals surface area contributed by atoms with Crippen LogP contribution in [0.3, 0.4) is 0 Å². The van der Waals surface area contributed by atoms with Crippen molar-refractivity contribution in [1.82, 2.24) is 0 Å². The number of aromatic nitrogens is 1. The van der Waals surface area contributed by atoms with Crippen molar-refractivity contribution in [3.63, 3.8) is 0 Å². The van der Waals surface area contributed by atoms with Gasteiger partial charge < -0.3 is 19.2 Å². The number of fused-ring (bicyclic) bond motifs is 3. The van der Waals surface area contributed by atoms with Gasteiger partial charge >= 0.3 is 24.8 Å². The van der Waals surface area contributed by atoms with Crippen LogP contribution in [-0.4, -0.2) is 0 Å². The second-order valence-corrected chi connectivity index (χ2v) is 7.11. The zero-order valence-electron chi connectivity index (χ0n) is 16.8. The number of nitrogens with one attached hydrogen (secondary N) is 1. The third-order valence-corrected chi connectivity index (χ3v) is 5.25. The minimum absolute atomic E-state index is 0. The van der Waals surface area contributed by atoms with Gasteiger partial charge in [-0.2, -0.15) is 4.98 Å². The largest absolute Gasteiger partial charge is 1.00 e. The molecule has 0 atom stereocenters. The summed E-state index contributed by atoms with van der Waals surface area (Å²) in [7, 11) is 0. The van der Waals surface area contributed by atoms with Crippen molar-refractivity contribution in [2.75, 3.05) is 4.90 Å². The SMILES string of the molecule is [Li+].[O-]c1cc(N2c3ccccc3Oc3ccccc32)ccc1-c1[nH+]c2ccccc2o1. The predicted molar refractivity (Wildman–Crippen MR) is 112 cm³/mol. The van der Waals surface area contributed by atoms with E-state index < -0.39 is 0 Å². The third kappa shape index (κ3) is 3.16. The second-order valence-electron chi connectivity index (χ2n) is 7.11. The average Bonchev–Trinajstić information content (AvgIpc) is 3.21. The van der Waals surface area contributed by atoms with Crippen molar-refractivity contribution in [1.29, 1.82) is 0 Å². The summed E-state index contributed by atoms with van der Waals surface area (Å²) in [4.78, 5) is 5.23. The Bertz CT molecular complexity index is 1330. The van der Waals surface area contributed by atoms with Crippen LogP contribution in [0.5, 0.6) is 17.2 Å². The molecule has 2 heterocycles. The summed E-state index contributed by atoms with van der Waals surface area (Å²) >= 11 is 0. The van der Waals surface area contributed by atoms with Crippen molar-refractivity contribution in [2.24, 2.45) is 0 Å². The van der Waals surface area contributed by atoms with Gasteiger partial charge in [0.25, 0.3) is 0 Å². The quantitative estimate of drug-likeness (QED) is 0.420. The van der Waals surface area contributed by atoms with E-state index in [0.717, 1.165) is 34.1 Å². The molecule has 0 fully saturated rings. The molecule has 0 spiro atoms. The van der Waals surface area contributed by atoms with E-state index in [-0.39, 0.29) is 24.6 Å². The van der Waals surface area contributed by atoms with Gasteiger partial charge in [-0.1, -0.05) is 42.1 Å². The zero-order chi connectivity index (χ0) is 20.1. The van der Waals surface area contributed by atoms with Gasteiger partial charge in [0.05, 0.1) is 16.9 Å². The maximum Gasteiger partial charge on any atom is 1.00 e. The number of rotatable bonds is 2. The van der Waals surface area contributed by atoms with E-state index in [0.29, 0.717) is 17.0 Å². The maximum absolute atomic E-state index is 13.0. The summed E-state index contributed by atoms with van der Waals surface area (Å²) in [6, 6.07) is 28.6. The van der Waals surface area contributed by atoms with Crippen molar-refractivity contribution in [3.8, 4) is 28.7 Å². The first-order valence-corrected chi connectivity index (χ1v) is 9.66. The first-order chi connectivity index (χ1) is 14.8. The number of benzene rings is 4. The molecule has 144 valence electrons. The molecule has 6 heteroatoms. The molecule has 0 bridgehead atoms. The predicted octanol–water partition coefficient (Wildman–Crippen LogP) is 2.57. The van der Waals surface area contributed by atoms with Crippen molar-refractivity contribution < 1.29 is 38.1 Å². The molecule has 1 N–H and O–H groups in total. The molecule has 5 aromatic rings. The van der Waals surface area contributed by atoms with Gasteiger partial charge in [-0.3, -0.25) is 0 Å². The fourth-order valence-corrected chi connectivity index (χ4v) is 3.86. The number of ether oxygens (including phenoxy) is 1. The van der Waals surface area contributed by atoms with Crippen LogP contribution in [0.1, 0.15) is 0 Å². The molecular formula is C25H16LiN2O3+. The van der Waals surface area contributed by atoms with Crippen LogP contribution in [0.2, 0.25) is 0 Å². The summed E-state index contributed by atoms with van der Waals surface area (Å²) in [6.07, 6.45) is 0. The smallest absolute Gasteiger partial charge is 0.872 e. The summed E-state index contributed by atoms with van der Waals surface area (Å²) in [5.74, 6) is 1.83. The number of para-hydroxylation sites is 6. The van der Waals surface area contributed by atoms with Crippen LogP contribution in [0, 0.1) is 0 Å². The van der Waals surface area contributed by atoms with E-state index in [2.05, 4.69) is 4.98 Å². The molecule has 0 saturated heterocycles. The monoisotopic (exact) mass is 399 g/mol. The van der Waals surface area contributed by atoms with Crippen LogP contribution < -0.4 is 38.6 Å². The number of anilines is 3. The molecule has 6 rings (SSSR count). The van der Waals surface area contributed by atoms with Gasteiger partial charge in [-0.25, -0.2) is 0 Å². The molecule has 0 amide bonds. The summed E-state index contributed by atoms with van der Waals surface area (Å²) in [5, 5.41) is 13.0. The molecular weight excluding hydrogens is 383 g/mol. The Hall–Kier alpha value is -3.65. The van der Waals surface area contributed by atoms with Crippen LogP contribution in [-0.2, 0) is 0 Å². The topological polar surface area (TPSA) is 62.8 Å². The first-order valence-electron chi connectivity index (χ1n) is 9.66. The Morgan fingerprint density at radius 3 is 2.06 bits per heavy atom. The summed E-state index contributed by atoms with van der Waals surface area (Å²) in [5.41, 5.74) is 4.60. The van der Waals surface area contributed by atoms with E-state index in [9.17, 15) is 5.11 Å². The number of nitrogens with zero attached hydrogens (tertiary/aromatic N) is 1. The number of hydrogen-bond acceptors (Lipinski definition) is 4. The Labute approximate surface area is 190 Å². The van der Waals surface area contributed by atoms with Gasteiger partial charge in [0.2, 0.25) is 11.1 Å².